The zero-order valence-corrected chi connectivity index (χ0v) is 7.73. The predicted molar refractivity (Wildman–Crippen MR) is 51.0 cm³/mol. The Kier molecular flexibility index (Phi) is 7.70. The average Bonchev–Trinajstić information content (AvgIpc) is 2.06. The molecule has 3 heteroatoms. The number of unbranched alkanes of at least 4 members (excludes halogenated alkanes) is 1. The van der Waals surface area contributed by atoms with E-state index in [4.69, 9.17) is 0 Å². The van der Waals surface area contributed by atoms with Gasteiger partial charge in [-0.3, -0.25) is 0 Å². The van der Waals surface area contributed by atoms with E-state index in [0.29, 0.717) is 13.1 Å². The Morgan fingerprint density at radius 3 is 2.92 bits per heavy atom. The summed E-state index contributed by atoms with van der Waals surface area (Å²) in [4.78, 5) is 9.93. The Bertz CT molecular complexity index is 134. The number of nitrogens with one attached hydrogen (secondary N) is 2. The number of hydrogen-bond donors (Lipinski definition) is 2. The van der Waals surface area contributed by atoms with E-state index in [1.54, 1.807) is 0 Å². The van der Waals surface area contributed by atoms with Gasteiger partial charge in [-0.05, 0) is 6.42 Å². The Balaban J connectivity index is 3.15. The molecule has 0 aliphatic rings. The average molecular weight is 170 g/mol. The normalized spacial score (nSPS) is 9.42. The molecule has 0 aromatic heterocycles. The summed E-state index contributed by atoms with van der Waals surface area (Å²) in [6, 6.07) is 0. The Hall–Kier alpha value is -0.830. The number of hydrogen-bond acceptors (Lipinski definition) is 3. The van der Waals surface area contributed by atoms with Crippen molar-refractivity contribution >= 4 is 6.29 Å². The second kappa shape index (κ2) is 8.27. The number of rotatable bonds is 8. The first kappa shape index (κ1) is 11.2. The van der Waals surface area contributed by atoms with Crippen molar-refractivity contribution in [3.63, 3.8) is 0 Å². The van der Waals surface area contributed by atoms with Crippen LogP contribution in [0.15, 0.2) is 12.3 Å². The minimum atomic E-state index is 0.397. The molecule has 70 valence electrons. The van der Waals surface area contributed by atoms with Crippen LogP contribution in [0.1, 0.15) is 19.8 Å². The molecule has 0 aromatic rings. The van der Waals surface area contributed by atoms with Gasteiger partial charge >= 0.3 is 0 Å². The molecule has 0 bridgehead atoms. The molecule has 0 aliphatic carbocycles. The highest BCUT2D eigenvalue weighted by atomic mass is 16.1. The first-order valence-corrected chi connectivity index (χ1v) is 4.37. The van der Waals surface area contributed by atoms with Gasteiger partial charge in [0, 0.05) is 18.8 Å². The van der Waals surface area contributed by atoms with Crippen molar-refractivity contribution in [2.24, 2.45) is 0 Å². The summed E-state index contributed by atoms with van der Waals surface area (Å²) in [6.07, 6.45) is 3.19. The largest absolute Gasteiger partial charge is 0.388 e. The standard InChI is InChI=1S/C9H18N2O/c1-3-4-5-11-9(2)8-10-6-7-12/h7,10-11H,2-6,8H2,1H3. The van der Waals surface area contributed by atoms with Gasteiger partial charge in [-0.25, -0.2) is 0 Å². The zero-order valence-electron chi connectivity index (χ0n) is 7.73. The van der Waals surface area contributed by atoms with E-state index in [1.807, 2.05) is 0 Å². The van der Waals surface area contributed by atoms with Crippen molar-refractivity contribution < 1.29 is 4.79 Å². The summed E-state index contributed by atoms with van der Waals surface area (Å²) in [6.45, 7) is 7.99. The van der Waals surface area contributed by atoms with E-state index in [1.165, 1.54) is 6.42 Å². The topological polar surface area (TPSA) is 41.1 Å². The van der Waals surface area contributed by atoms with Gasteiger partial charge in [-0.1, -0.05) is 19.9 Å². The van der Waals surface area contributed by atoms with Gasteiger partial charge in [0.05, 0.1) is 6.54 Å². The van der Waals surface area contributed by atoms with Crippen molar-refractivity contribution in [2.45, 2.75) is 19.8 Å². The molecule has 0 fully saturated rings. The Labute approximate surface area is 74.2 Å². The minimum Gasteiger partial charge on any atom is -0.388 e. The van der Waals surface area contributed by atoms with Crippen LogP contribution in [0, 0.1) is 0 Å². The number of carbonyl (C=O) groups is 1. The van der Waals surface area contributed by atoms with E-state index in [-0.39, 0.29) is 0 Å². The highest BCUT2D eigenvalue weighted by Gasteiger charge is 1.90. The molecule has 0 spiro atoms. The molecule has 0 rings (SSSR count). The predicted octanol–water partition coefficient (Wildman–Crippen LogP) is 0.678. The van der Waals surface area contributed by atoms with Crippen LogP contribution in [-0.4, -0.2) is 25.9 Å². The first-order valence-electron chi connectivity index (χ1n) is 4.37. The Morgan fingerprint density at radius 1 is 1.58 bits per heavy atom. The lowest BCUT2D eigenvalue weighted by molar-refractivity contribution is -0.107. The van der Waals surface area contributed by atoms with Crippen LogP contribution in [-0.2, 0) is 4.79 Å². The lowest BCUT2D eigenvalue weighted by atomic mass is 10.3. The minimum absolute atomic E-state index is 0.397. The van der Waals surface area contributed by atoms with E-state index in [2.05, 4.69) is 24.1 Å². The van der Waals surface area contributed by atoms with Gasteiger partial charge in [0.15, 0.2) is 0 Å². The lowest BCUT2D eigenvalue weighted by Crippen LogP contribution is -2.26. The number of aldehydes is 1. The molecule has 0 heterocycles. The molecule has 0 saturated heterocycles. The lowest BCUT2D eigenvalue weighted by Gasteiger charge is -2.08. The van der Waals surface area contributed by atoms with Gasteiger partial charge in [-0.2, -0.15) is 0 Å². The summed E-state index contributed by atoms with van der Waals surface area (Å²) in [5.41, 5.74) is 0.949. The number of carbonyl (C=O) groups excluding carboxylic acids is 1. The maximum atomic E-state index is 9.93. The van der Waals surface area contributed by atoms with Crippen molar-refractivity contribution in [1.82, 2.24) is 10.6 Å². The molecule has 0 amide bonds. The van der Waals surface area contributed by atoms with Crippen molar-refractivity contribution in [1.29, 1.82) is 0 Å². The van der Waals surface area contributed by atoms with Gasteiger partial charge in [0.1, 0.15) is 6.29 Å². The van der Waals surface area contributed by atoms with Crippen LogP contribution in [0.25, 0.3) is 0 Å². The molecule has 0 radical (unpaired) electrons. The van der Waals surface area contributed by atoms with Crippen LogP contribution in [0.2, 0.25) is 0 Å². The van der Waals surface area contributed by atoms with Crippen LogP contribution in [0.4, 0.5) is 0 Å². The summed E-state index contributed by atoms with van der Waals surface area (Å²) in [7, 11) is 0. The van der Waals surface area contributed by atoms with E-state index in [9.17, 15) is 4.79 Å². The van der Waals surface area contributed by atoms with Gasteiger partial charge in [0.25, 0.3) is 0 Å². The molecular formula is C9H18N2O. The molecule has 0 unspecified atom stereocenters. The molecule has 0 saturated carbocycles. The third kappa shape index (κ3) is 7.28. The quantitative estimate of drug-likeness (QED) is 0.416. The van der Waals surface area contributed by atoms with Crippen LogP contribution >= 0.6 is 0 Å². The van der Waals surface area contributed by atoms with Crippen LogP contribution < -0.4 is 10.6 Å². The summed E-state index contributed by atoms with van der Waals surface area (Å²) < 4.78 is 0. The third-order valence-corrected chi connectivity index (χ3v) is 1.47. The van der Waals surface area contributed by atoms with Gasteiger partial charge in [0.2, 0.25) is 0 Å². The molecular weight excluding hydrogens is 152 g/mol. The maximum Gasteiger partial charge on any atom is 0.133 e. The molecule has 0 atom stereocenters. The zero-order chi connectivity index (χ0) is 9.23. The summed E-state index contributed by atoms with van der Waals surface area (Å²) in [5, 5.41) is 6.10. The van der Waals surface area contributed by atoms with Gasteiger partial charge in [-0.15, -0.1) is 0 Å². The molecule has 0 aromatic carbocycles. The monoisotopic (exact) mass is 170 g/mol. The Morgan fingerprint density at radius 2 is 2.33 bits per heavy atom. The van der Waals surface area contributed by atoms with E-state index >= 15 is 0 Å². The summed E-state index contributed by atoms with van der Waals surface area (Å²) in [5.74, 6) is 0. The molecule has 3 nitrogen and oxygen atoms in total. The second-order valence-corrected chi connectivity index (χ2v) is 2.68. The maximum absolute atomic E-state index is 9.93. The van der Waals surface area contributed by atoms with Crippen LogP contribution in [0.3, 0.4) is 0 Å². The fraction of sp³-hybridized carbons (Fsp3) is 0.667. The second-order valence-electron chi connectivity index (χ2n) is 2.68. The summed E-state index contributed by atoms with van der Waals surface area (Å²) >= 11 is 0. The van der Waals surface area contributed by atoms with Crippen molar-refractivity contribution in [3.8, 4) is 0 Å². The molecule has 12 heavy (non-hydrogen) atoms. The van der Waals surface area contributed by atoms with Gasteiger partial charge < -0.3 is 15.4 Å². The van der Waals surface area contributed by atoms with Crippen molar-refractivity contribution in [3.05, 3.63) is 12.3 Å². The van der Waals surface area contributed by atoms with E-state index in [0.717, 1.165) is 24.9 Å². The van der Waals surface area contributed by atoms with E-state index < -0.39 is 0 Å². The van der Waals surface area contributed by atoms with Crippen LogP contribution in [0.5, 0.6) is 0 Å². The highest BCUT2D eigenvalue weighted by Crippen LogP contribution is 1.86. The third-order valence-electron chi connectivity index (χ3n) is 1.47. The fourth-order valence-electron chi connectivity index (χ4n) is 0.786. The first-order chi connectivity index (χ1) is 5.81. The fourth-order valence-corrected chi connectivity index (χ4v) is 0.786. The smallest absolute Gasteiger partial charge is 0.133 e. The molecule has 0 aliphatic heterocycles. The highest BCUT2D eigenvalue weighted by molar-refractivity contribution is 5.51. The van der Waals surface area contributed by atoms with Crippen molar-refractivity contribution in [2.75, 3.05) is 19.6 Å². The molecule has 2 N–H and O–H groups in total. The SMILES string of the molecule is C=C(CNCC=O)NCCCC.